The number of thiophene rings is 1. The Kier molecular flexibility index (Phi) is 1.51. The summed E-state index contributed by atoms with van der Waals surface area (Å²) in [7, 11) is 0. The van der Waals surface area contributed by atoms with E-state index in [1.807, 2.05) is 29.2 Å². The van der Waals surface area contributed by atoms with E-state index < -0.39 is 0 Å². The zero-order valence-corrected chi connectivity index (χ0v) is 6.93. The van der Waals surface area contributed by atoms with Gasteiger partial charge in [-0.2, -0.15) is 5.10 Å². The molecule has 0 aliphatic rings. The van der Waals surface area contributed by atoms with Gasteiger partial charge >= 0.3 is 0 Å². The first kappa shape index (κ1) is 6.61. The fourth-order valence-electron chi connectivity index (χ4n) is 0.951. The molecular formula is C8H7N2S. The van der Waals surface area contributed by atoms with E-state index in [1.54, 1.807) is 17.5 Å². The van der Waals surface area contributed by atoms with Crippen LogP contribution in [0, 0.1) is 12.3 Å². The minimum absolute atomic E-state index is 1.13. The van der Waals surface area contributed by atoms with E-state index >= 15 is 0 Å². The van der Waals surface area contributed by atoms with Crippen LogP contribution in [0.15, 0.2) is 23.8 Å². The van der Waals surface area contributed by atoms with E-state index in [-0.39, 0.29) is 0 Å². The highest BCUT2D eigenvalue weighted by Crippen LogP contribution is 2.16. The maximum atomic E-state index is 4.12. The highest BCUT2D eigenvalue weighted by atomic mass is 32.1. The Morgan fingerprint density at radius 3 is 3.09 bits per heavy atom. The fraction of sp³-hybridized carbons (Fsp3) is 0.125. The second-order valence-corrected chi connectivity index (χ2v) is 2.97. The normalized spacial score (nSPS) is 10.3. The van der Waals surface area contributed by atoms with Gasteiger partial charge in [0.15, 0.2) is 0 Å². The lowest BCUT2D eigenvalue weighted by atomic mass is 10.3. The number of hydrogen-bond acceptors (Lipinski definition) is 2. The van der Waals surface area contributed by atoms with Crippen LogP contribution in [0.4, 0.5) is 0 Å². The Labute approximate surface area is 69.1 Å². The Balaban J connectivity index is 2.53. The monoisotopic (exact) mass is 163 g/mol. The van der Waals surface area contributed by atoms with Crippen LogP contribution in [-0.4, -0.2) is 9.78 Å². The van der Waals surface area contributed by atoms with Crippen LogP contribution in [0.2, 0.25) is 0 Å². The van der Waals surface area contributed by atoms with Gasteiger partial charge in [-0.1, -0.05) is 0 Å². The number of aryl methyl sites for hydroxylation is 1. The first-order chi connectivity index (χ1) is 5.38. The highest BCUT2D eigenvalue weighted by molar-refractivity contribution is 7.07. The molecular weight excluding hydrogens is 156 g/mol. The van der Waals surface area contributed by atoms with Crippen molar-refractivity contribution in [1.82, 2.24) is 9.78 Å². The third-order valence-corrected chi connectivity index (χ3v) is 2.28. The number of nitrogens with zero attached hydrogens (tertiary/aromatic N) is 2. The summed E-state index contributed by atoms with van der Waals surface area (Å²) in [5, 5.41) is 9.30. The fourth-order valence-corrected chi connectivity index (χ4v) is 1.69. The summed E-state index contributed by atoms with van der Waals surface area (Å²) in [6.45, 7) is 2.04. The molecule has 1 radical (unpaired) electrons. The SMILES string of the molecule is Cc1[c]scc1-n1cccn1. The van der Waals surface area contributed by atoms with Crippen LogP contribution >= 0.6 is 11.3 Å². The van der Waals surface area contributed by atoms with E-state index in [4.69, 9.17) is 0 Å². The Morgan fingerprint density at radius 1 is 1.64 bits per heavy atom. The summed E-state index contributed by atoms with van der Waals surface area (Å²) in [4.78, 5) is 0. The first-order valence-electron chi connectivity index (χ1n) is 3.34. The molecule has 2 rings (SSSR count). The topological polar surface area (TPSA) is 17.8 Å². The second-order valence-electron chi connectivity index (χ2n) is 2.30. The van der Waals surface area contributed by atoms with Crippen molar-refractivity contribution in [3.8, 4) is 5.69 Å². The third-order valence-electron chi connectivity index (χ3n) is 1.52. The zero-order valence-electron chi connectivity index (χ0n) is 6.11. The summed E-state index contributed by atoms with van der Waals surface area (Å²) in [6, 6.07) is 1.91. The molecule has 0 N–H and O–H groups in total. The number of hydrogen-bond donors (Lipinski definition) is 0. The summed E-state index contributed by atoms with van der Waals surface area (Å²) >= 11 is 1.58. The van der Waals surface area contributed by atoms with E-state index in [0.717, 1.165) is 11.3 Å². The molecule has 0 spiro atoms. The minimum atomic E-state index is 1.13. The molecule has 0 saturated carbocycles. The van der Waals surface area contributed by atoms with Crippen molar-refractivity contribution in [1.29, 1.82) is 0 Å². The molecule has 0 bridgehead atoms. The average Bonchev–Trinajstić information content (AvgIpc) is 2.55. The van der Waals surface area contributed by atoms with E-state index in [0.29, 0.717) is 0 Å². The van der Waals surface area contributed by atoms with Crippen LogP contribution in [-0.2, 0) is 0 Å². The average molecular weight is 163 g/mol. The van der Waals surface area contributed by atoms with Crippen LogP contribution in [0.1, 0.15) is 5.56 Å². The number of aromatic nitrogens is 2. The van der Waals surface area contributed by atoms with E-state index in [9.17, 15) is 0 Å². The molecule has 0 aliphatic heterocycles. The molecule has 2 aromatic heterocycles. The van der Waals surface area contributed by atoms with Crippen molar-refractivity contribution in [3.63, 3.8) is 0 Å². The van der Waals surface area contributed by atoms with E-state index in [2.05, 4.69) is 10.5 Å². The molecule has 0 saturated heterocycles. The summed E-state index contributed by atoms with van der Waals surface area (Å²) in [5.41, 5.74) is 2.28. The van der Waals surface area contributed by atoms with Crippen molar-refractivity contribution in [2.24, 2.45) is 0 Å². The maximum absolute atomic E-state index is 4.12. The second kappa shape index (κ2) is 2.51. The summed E-state index contributed by atoms with van der Waals surface area (Å²) < 4.78 is 1.85. The molecule has 0 fully saturated rings. The zero-order chi connectivity index (χ0) is 7.68. The molecule has 3 heteroatoms. The van der Waals surface area contributed by atoms with Gasteiger partial charge in [0.1, 0.15) is 0 Å². The van der Waals surface area contributed by atoms with Gasteiger partial charge in [-0.3, -0.25) is 0 Å². The van der Waals surface area contributed by atoms with Gasteiger partial charge in [-0.05, 0) is 18.6 Å². The molecule has 11 heavy (non-hydrogen) atoms. The Hall–Kier alpha value is -1.09. The van der Waals surface area contributed by atoms with Crippen molar-refractivity contribution in [2.45, 2.75) is 6.92 Å². The van der Waals surface area contributed by atoms with Crippen molar-refractivity contribution >= 4 is 11.3 Å². The van der Waals surface area contributed by atoms with Gasteiger partial charge in [-0.25, -0.2) is 4.68 Å². The van der Waals surface area contributed by atoms with Gasteiger partial charge in [0, 0.05) is 23.2 Å². The molecule has 0 unspecified atom stereocenters. The van der Waals surface area contributed by atoms with Crippen LogP contribution in [0.3, 0.4) is 0 Å². The quantitative estimate of drug-likeness (QED) is 0.629. The van der Waals surface area contributed by atoms with Gasteiger partial charge in [0.05, 0.1) is 5.69 Å². The molecule has 2 heterocycles. The predicted octanol–water partition coefficient (Wildman–Crippen LogP) is 2.04. The summed E-state index contributed by atoms with van der Waals surface area (Å²) in [5.74, 6) is 0. The van der Waals surface area contributed by atoms with Crippen LogP contribution < -0.4 is 0 Å². The highest BCUT2D eigenvalue weighted by Gasteiger charge is 2.00. The maximum Gasteiger partial charge on any atom is 0.0788 e. The molecule has 0 atom stereocenters. The largest absolute Gasteiger partial charge is 0.240 e. The van der Waals surface area contributed by atoms with Crippen molar-refractivity contribution in [2.75, 3.05) is 0 Å². The van der Waals surface area contributed by atoms with Gasteiger partial charge in [0.25, 0.3) is 0 Å². The first-order valence-corrected chi connectivity index (χ1v) is 4.21. The smallest absolute Gasteiger partial charge is 0.0788 e. The molecule has 0 aromatic carbocycles. The van der Waals surface area contributed by atoms with Gasteiger partial charge in [-0.15, -0.1) is 11.3 Å². The lowest BCUT2D eigenvalue weighted by Crippen LogP contribution is -1.92. The Morgan fingerprint density at radius 2 is 2.55 bits per heavy atom. The third kappa shape index (κ3) is 1.07. The molecule has 0 amide bonds. The Bertz CT molecular complexity index is 335. The number of rotatable bonds is 1. The molecule has 2 aromatic rings. The minimum Gasteiger partial charge on any atom is -0.240 e. The van der Waals surface area contributed by atoms with Crippen molar-refractivity contribution < 1.29 is 0 Å². The van der Waals surface area contributed by atoms with Crippen LogP contribution in [0.25, 0.3) is 5.69 Å². The van der Waals surface area contributed by atoms with Gasteiger partial charge in [0.2, 0.25) is 0 Å². The lowest BCUT2D eigenvalue weighted by molar-refractivity contribution is 0.877. The van der Waals surface area contributed by atoms with Gasteiger partial charge < -0.3 is 0 Å². The molecule has 2 nitrogen and oxygen atoms in total. The molecule has 55 valence electrons. The van der Waals surface area contributed by atoms with Crippen molar-refractivity contribution in [3.05, 3.63) is 34.8 Å². The summed E-state index contributed by atoms with van der Waals surface area (Å²) in [6.07, 6.45) is 3.71. The lowest BCUT2D eigenvalue weighted by Gasteiger charge is -1.96. The standard InChI is InChI=1S/C8H7N2S/c1-7-5-11-6-8(7)10-4-2-3-9-10/h2-4,6H,1H3. The van der Waals surface area contributed by atoms with E-state index in [1.165, 1.54) is 0 Å². The predicted molar refractivity (Wildman–Crippen MR) is 45.0 cm³/mol. The van der Waals surface area contributed by atoms with Crippen LogP contribution in [0.5, 0.6) is 0 Å². The molecule has 0 aliphatic carbocycles.